The summed E-state index contributed by atoms with van der Waals surface area (Å²) in [4.78, 5) is 28.9. The summed E-state index contributed by atoms with van der Waals surface area (Å²) >= 11 is 0. The number of amides is 1. The third-order valence-electron chi connectivity index (χ3n) is 6.56. The zero-order chi connectivity index (χ0) is 23.4. The van der Waals surface area contributed by atoms with Crippen molar-refractivity contribution in [1.29, 1.82) is 0 Å². The van der Waals surface area contributed by atoms with E-state index in [0.717, 1.165) is 41.5 Å². The van der Waals surface area contributed by atoms with Crippen LogP contribution in [0.15, 0.2) is 71.7 Å². The summed E-state index contributed by atoms with van der Waals surface area (Å²) in [5, 5.41) is 0. The zero-order valence-corrected chi connectivity index (χ0v) is 19.0. The first kappa shape index (κ1) is 22.8. The molecule has 1 amide bonds. The molecule has 0 bridgehead atoms. The first-order chi connectivity index (χ1) is 15.9. The van der Waals surface area contributed by atoms with Crippen molar-refractivity contribution in [1.82, 2.24) is 9.88 Å². The number of ether oxygens (including phenoxy) is 1. The molecule has 2 heterocycles. The largest absolute Gasteiger partial charge is 0.438 e. The molecule has 0 aliphatic carbocycles. The molecule has 4 rings (SSSR count). The van der Waals surface area contributed by atoms with E-state index in [0.29, 0.717) is 13.0 Å². The molecule has 2 atom stereocenters. The van der Waals surface area contributed by atoms with Crippen LogP contribution in [0.5, 0.6) is 0 Å². The van der Waals surface area contributed by atoms with E-state index in [1.165, 1.54) is 18.2 Å². The number of aromatic nitrogens is 1. The van der Waals surface area contributed by atoms with Gasteiger partial charge < -0.3 is 14.6 Å². The number of carbonyl (C=O) groups is 1. The van der Waals surface area contributed by atoms with E-state index in [-0.39, 0.29) is 23.5 Å². The van der Waals surface area contributed by atoms with Crippen LogP contribution >= 0.6 is 0 Å². The van der Waals surface area contributed by atoms with Crippen LogP contribution < -0.4 is 5.56 Å². The molecule has 1 fully saturated rings. The topological polar surface area (TPSA) is 62.4 Å². The smallest absolute Gasteiger partial charge is 0.411 e. The second-order valence-corrected chi connectivity index (χ2v) is 8.66. The van der Waals surface area contributed by atoms with Gasteiger partial charge in [-0.15, -0.1) is 0 Å². The Labute approximate surface area is 193 Å². The number of pyridine rings is 1. The molecule has 5 nitrogen and oxygen atoms in total. The third-order valence-corrected chi connectivity index (χ3v) is 6.56. The fourth-order valence-electron chi connectivity index (χ4n) is 4.48. The average molecular weight is 449 g/mol. The molecule has 1 saturated heterocycles. The van der Waals surface area contributed by atoms with Gasteiger partial charge in [0.25, 0.3) is 0 Å². The van der Waals surface area contributed by atoms with Crippen molar-refractivity contribution < 1.29 is 13.9 Å². The number of hydrogen-bond acceptors (Lipinski definition) is 3. The standard InChI is InChI=1S/C27H29FN2O3/c1-3-4-15-27(23-10-12-24(28)13-11-23)16-17-30(26(32)33-27)19(2)20-5-7-21(8-6-20)22-9-14-25(31)29-18-22/h5-14,18-19H,3-4,15-17H2,1-2H3,(H,29,31). The van der Waals surface area contributed by atoms with Gasteiger partial charge >= 0.3 is 6.09 Å². The third kappa shape index (κ3) is 4.85. The van der Waals surface area contributed by atoms with Crippen LogP contribution in [0.2, 0.25) is 0 Å². The minimum Gasteiger partial charge on any atom is -0.438 e. The molecule has 0 radical (unpaired) electrons. The number of unbranched alkanes of at least 4 members (excludes halogenated alkanes) is 1. The number of cyclic esters (lactones) is 1. The molecule has 1 aliphatic rings. The summed E-state index contributed by atoms with van der Waals surface area (Å²) in [5.41, 5.74) is 2.91. The van der Waals surface area contributed by atoms with Crippen molar-refractivity contribution in [3.63, 3.8) is 0 Å². The van der Waals surface area contributed by atoms with Crippen molar-refractivity contribution in [2.75, 3.05) is 6.54 Å². The lowest BCUT2D eigenvalue weighted by molar-refractivity contribution is -0.0665. The zero-order valence-electron chi connectivity index (χ0n) is 19.0. The van der Waals surface area contributed by atoms with Crippen molar-refractivity contribution >= 4 is 6.09 Å². The SMILES string of the molecule is CCCCC1(c2ccc(F)cc2)CCN(C(C)c2ccc(-c3ccc(=O)[nH]c3)cc2)C(=O)O1. The van der Waals surface area contributed by atoms with E-state index in [4.69, 9.17) is 4.74 Å². The van der Waals surface area contributed by atoms with Gasteiger partial charge in [-0.25, -0.2) is 9.18 Å². The van der Waals surface area contributed by atoms with Crippen LogP contribution in [0.4, 0.5) is 9.18 Å². The summed E-state index contributed by atoms with van der Waals surface area (Å²) in [6.07, 6.45) is 4.63. The van der Waals surface area contributed by atoms with Gasteiger partial charge in [0.15, 0.2) is 0 Å². The van der Waals surface area contributed by atoms with Gasteiger partial charge in [0, 0.05) is 25.2 Å². The van der Waals surface area contributed by atoms with Gasteiger partial charge in [-0.1, -0.05) is 49.7 Å². The minimum atomic E-state index is -0.717. The lowest BCUT2D eigenvalue weighted by Gasteiger charge is -2.43. The van der Waals surface area contributed by atoms with Gasteiger partial charge in [-0.05, 0) is 60.2 Å². The van der Waals surface area contributed by atoms with E-state index < -0.39 is 5.60 Å². The molecule has 172 valence electrons. The second-order valence-electron chi connectivity index (χ2n) is 8.66. The molecule has 2 aromatic carbocycles. The highest BCUT2D eigenvalue weighted by Crippen LogP contribution is 2.40. The fraction of sp³-hybridized carbons (Fsp3) is 0.333. The van der Waals surface area contributed by atoms with Crippen LogP contribution in [0.3, 0.4) is 0 Å². The van der Waals surface area contributed by atoms with Crippen LogP contribution in [0, 0.1) is 5.82 Å². The number of H-pyrrole nitrogens is 1. The van der Waals surface area contributed by atoms with Crippen molar-refractivity contribution in [2.45, 2.75) is 51.2 Å². The van der Waals surface area contributed by atoms with E-state index in [1.54, 1.807) is 29.3 Å². The monoisotopic (exact) mass is 448 g/mol. The molecule has 33 heavy (non-hydrogen) atoms. The van der Waals surface area contributed by atoms with E-state index >= 15 is 0 Å². The maximum absolute atomic E-state index is 13.5. The minimum absolute atomic E-state index is 0.136. The maximum Gasteiger partial charge on any atom is 0.411 e. The Kier molecular flexibility index (Phi) is 6.63. The van der Waals surface area contributed by atoms with Crippen molar-refractivity contribution in [2.24, 2.45) is 0 Å². The number of hydrogen-bond donors (Lipinski definition) is 1. The highest BCUT2D eigenvalue weighted by Gasteiger charge is 2.43. The molecule has 0 spiro atoms. The van der Waals surface area contributed by atoms with Gasteiger partial charge in [-0.2, -0.15) is 0 Å². The lowest BCUT2D eigenvalue weighted by atomic mass is 9.84. The first-order valence-electron chi connectivity index (χ1n) is 11.5. The molecule has 0 saturated carbocycles. The van der Waals surface area contributed by atoms with Gasteiger partial charge in [0.2, 0.25) is 5.56 Å². The highest BCUT2D eigenvalue weighted by atomic mass is 19.1. The molecule has 1 aromatic heterocycles. The Bertz CT molecular complexity index is 1140. The number of benzene rings is 2. The summed E-state index contributed by atoms with van der Waals surface area (Å²) < 4.78 is 19.6. The predicted octanol–water partition coefficient (Wildman–Crippen LogP) is 6.17. The number of nitrogens with one attached hydrogen (secondary N) is 1. The Morgan fingerprint density at radius 1 is 1.03 bits per heavy atom. The Morgan fingerprint density at radius 3 is 2.33 bits per heavy atom. The number of nitrogens with zero attached hydrogens (tertiary/aromatic N) is 1. The fourth-order valence-corrected chi connectivity index (χ4v) is 4.48. The number of halogens is 1. The number of carbonyl (C=O) groups excluding carboxylic acids is 1. The molecule has 1 aliphatic heterocycles. The Hall–Kier alpha value is -3.41. The molecule has 2 unspecified atom stereocenters. The molecule has 1 N–H and O–H groups in total. The normalized spacial score (nSPS) is 19.2. The molecular weight excluding hydrogens is 419 g/mol. The second kappa shape index (κ2) is 9.61. The van der Waals surface area contributed by atoms with Gasteiger partial charge in [0.05, 0.1) is 6.04 Å². The van der Waals surface area contributed by atoms with Crippen LogP contribution in [0.25, 0.3) is 11.1 Å². The van der Waals surface area contributed by atoms with Gasteiger partial charge in [-0.3, -0.25) is 4.79 Å². The molecule has 3 aromatic rings. The van der Waals surface area contributed by atoms with Crippen LogP contribution in [-0.4, -0.2) is 22.5 Å². The lowest BCUT2D eigenvalue weighted by Crippen LogP contribution is -2.48. The Balaban J connectivity index is 1.51. The predicted molar refractivity (Wildman–Crippen MR) is 126 cm³/mol. The quantitative estimate of drug-likeness (QED) is 0.470. The first-order valence-corrected chi connectivity index (χ1v) is 11.5. The van der Waals surface area contributed by atoms with E-state index in [1.807, 2.05) is 31.2 Å². The number of aromatic amines is 1. The van der Waals surface area contributed by atoms with E-state index in [9.17, 15) is 14.0 Å². The van der Waals surface area contributed by atoms with E-state index in [2.05, 4.69) is 11.9 Å². The highest BCUT2D eigenvalue weighted by molar-refractivity contribution is 5.70. The summed E-state index contributed by atoms with van der Waals surface area (Å²) in [5.74, 6) is -0.299. The summed E-state index contributed by atoms with van der Waals surface area (Å²) in [6, 6.07) is 17.4. The number of rotatable bonds is 7. The summed E-state index contributed by atoms with van der Waals surface area (Å²) in [7, 11) is 0. The maximum atomic E-state index is 13.5. The van der Waals surface area contributed by atoms with Crippen molar-refractivity contribution in [3.8, 4) is 11.1 Å². The average Bonchev–Trinajstić information content (AvgIpc) is 2.83. The molecule has 6 heteroatoms. The van der Waals surface area contributed by atoms with Crippen LogP contribution in [-0.2, 0) is 10.3 Å². The summed E-state index contributed by atoms with van der Waals surface area (Å²) in [6.45, 7) is 4.66. The Morgan fingerprint density at radius 2 is 1.73 bits per heavy atom. The molecular formula is C27H29FN2O3. The van der Waals surface area contributed by atoms with Crippen molar-refractivity contribution in [3.05, 3.63) is 94.2 Å². The van der Waals surface area contributed by atoms with Gasteiger partial charge in [0.1, 0.15) is 11.4 Å². The van der Waals surface area contributed by atoms with Crippen LogP contribution in [0.1, 0.15) is 56.7 Å².